The minimum Gasteiger partial charge on any atom is -0.310 e. The van der Waals surface area contributed by atoms with E-state index in [1.165, 1.54) is 22.9 Å². The summed E-state index contributed by atoms with van der Waals surface area (Å²) in [6.07, 6.45) is 0.0375. The van der Waals surface area contributed by atoms with E-state index in [0.29, 0.717) is 22.8 Å². The SMILES string of the molecule is Cc1cc(=O)[nH]c(-n2nc(C(C)(C)C)cc2NC(=O)Cc2ccc(S(=O)(=O)C(C)C)cc2)n1. The molecule has 0 saturated heterocycles. The average Bonchev–Trinajstić information content (AvgIpc) is 3.11. The molecule has 1 amide bonds. The molecule has 3 aromatic rings. The second-order valence-electron chi connectivity index (χ2n) is 9.25. The number of nitrogens with zero attached hydrogens (tertiary/aromatic N) is 3. The van der Waals surface area contributed by atoms with E-state index in [-0.39, 0.29) is 34.1 Å². The van der Waals surface area contributed by atoms with Crippen LogP contribution in [0.2, 0.25) is 0 Å². The van der Waals surface area contributed by atoms with Crippen molar-refractivity contribution in [3.05, 3.63) is 63.7 Å². The highest BCUT2D eigenvalue weighted by Gasteiger charge is 2.23. The number of benzene rings is 1. The summed E-state index contributed by atoms with van der Waals surface area (Å²) < 4.78 is 26.0. The molecular formula is C23H29N5O4S. The Balaban J connectivity index is 1.87. The van der Waals surface area contributed by atoms with Crippen LogP contribution in [-0.2, 0) is 26.5 Å². The van der Waals surface area contributed by atoms with Gasteiger partial charge in [-0.1, -0.05) is 32.9 Å². The van der Waals surface area contributed by atoms with Gasteiger partial charge in [-0.05, 0) is 38.5 Å². The van der Waals surface area contributed by atoms with Gasteiger partial charge in [0, 0.05) is 23.2 Å². The zero-order valence-corrected chi connectivity index (χ0v) is 20.4. The van der Waals surface area contributed by atoms with E-state index in [0.717, 1.165) is 0 Å². The number of nitrogens with one attached hydrogen (secondary N) is 2. The largest absolute Gasteiger partial charge is 0.310 e. The molecule has 2 heterocycles. The molecule has 10 heteroatoms. The number of carbonyl (C=O) groups excluding carboxylic acids is 1. The van der Waals surface area contributed by atoms with Crippen LogP contribution in [0, 0.1) is 6.92 Å². The van der Waals surface area contributed by atoms with Gasteiger partial charge in [-0.15, -0.1) is 0 Å². The van der Waals surface area contributed by atoms with E-state index < -0.39 is 15.1 Å². The normalized spacial score (nSPS) is 12.2. The molecule has 176 valence electrons. The van der Waals surface area contributed by atoms with E-state index in [4.69, 9.17) is 0 Å². The number of hydrogen-bond donors (Lipinski definition) is 2. The van der Waals surface area contributed by atoms with Crippen molar-refractivity contribution < 1.29 is 13.2 Å². The number of aryl methyl sites for hydroxylation is 1. The Kier molecular flexibility index (Phi) is 6.60. The Labute approximate surface area is 193 Å². The van der Waals surface area contributed by atoms with Crippen molar-refractivity contribution in [3.63, 3.8) is 0 Å². The first-order valence-electron chi connectivity index (χ1n) is 10.6. The lowest BCUT2D eigenvalue weighted by Gasteiger charge is -2.13. The Morgan fingerprint density at radius 1 is 1.15 bits per heavy atom. The summed E-state index contributed by atoms with van der Waals surface area (Å²) in [6.45, 7) is 10.9. The highest BCUT2D eigenvalue weighted by atomic mass is 32.2. The molecule has 0 spiro atoms. The second kappa shape index (κ2) is 8.93. The van der Waals surface area contributed by atoms with Gasteiger partial charge >= 0.3 is 0 Å². The van der Waals surface area contributed by atoms with Crippen molar-refractivity contribution in [2.45, 2.75) is 63.5 Å². The fourth-order valence-corrected chi connectivity index (χ4v) is 4.16. The number of H-pyrrole nitrogens is 1. The first-order valence-corrected chi connectivity index (χ1v) is 12.1. The topological polar surface area (TPSA) is 127 Å². The maximum Gasteiger partial charge on any atom is 0.252 e. The monoisotopic (exact) mass is 471 g/mol. The Hall–Kier alpha value is -3.27. The van der Waals surface area contributed by atoms with Gasteiger partial charge in [0.15, 0.2) is 9.84 Å². The Morgan fingerprint density at radius 2 is 1.79 bits per heavy atom. The van der Waals surface area contributed by atoms with Crippen LogP contribution < -0.4 is 10.9 Å². The van der Waals surface area contributed by atoms with Crippen molar-refractivity contribution in [1.82, 2.24) is 19.7 Å². The molecule has 33 heavy (non-hydrogen) atoms. The van der Waals surface area contributed by atoms with Gasteiger partial charge in [0.1, 0.15) is 5.82 Å². The minimum absolute atomic E-state index is 0.0375. The summed E-state index contributed by atoms with van der Waals surface area (Å²) in [5.74, 6) is 0.262. The van der Waals surface area contributed by atoms with Crippen LogP contribution >= 0.6 is 0 Å². The number of amides is 1. The summed E-state index contributed by atoms with van der Waals surface area (Å²) in [5.41, 5.74) is 1.28. The van der Waals surface area contributed by atoms with Gasteiger partial charge in [0.25, 0.3) is 5.56 Å². The van der Waals surface area contributed by atoms with Crippen molar-refractivity contribution >= 4 is 21.6 Å². The van der Waals surface area contributed by atoms with E-state index >= 15 is 0 Å². The second-order valence-corrected chi connectivity index (χ2v) is 11.8. The Bertz CT molecular complexity index is 1330. The number of hydrogen-bond acceptors (Lipinski definition) is 6. The van der Waals surface area contributed by atoms with Crippen LogP contribution in [-0.4, -0.2) is 39.3 Å². The highest BCUT2D eigenvalue weighted by molar-refractivity contribution is 7.92. The molecule has 3 rings (SSSR count). The summed E-state index contributed by atoms with van der Waals surface area (Å²) in [7, 11) is -3.37. The van der Waals surface area contributed by atoms with Crippen molar-refractivity contribution in [2.75, 3.05) is 5.32 Å². The zero-order valence-electron chi connectivity index (χ0n) is 19.6. The average molecular weight is 472 g/mol. The van der Waals surface area contributed by atoms with Gasteiger partial charge in [0.2, 0.25) is 11.9 Å². The molecule has 9 nitrogen and oxygen atoms in total. The lowest BCUT2D eigenvalue weighted by molar-refractivity contribution is -0.115. The van der Waals surface area contributed by atoms with E-state index in [1.54, 1.807) is 39.0 Å². The molecule has 2 aromatic heterocycles. The third-order valence-electron chi connectivity index (χ3n) is 5.04. The third-order valence-corrected chi connectivity index (χ3v) is 7.21. The smallest absolute Gasteiger partial charge is 0.252 e. The lowest BCUT2D eigenvalue weighted by atomic mass is 9.92. The summed E-state index contributed by atoms with van der Waals surface area (Å²) >= 11 is 0. The maximum absolute atomic E-state index is 12.8. The number of rotatable bonds is 6. The molecule has 2 N–H and O–H groups in total. The van der Waals surface area contributed by atoms with E-state index in [9.17, 15) is 18.0 Å². The van der Waals surface area contributed by atoms with Crippen LogP contribution in [0.15, 0.2) is 46.1 Å². The summed E-state index contributed by atoms with van der Waals surface area (Å²) in [6, 6.07) is 9.42. The predicted molar refractivity (Wildman–Crippen MR) is 127 cm³/mol. The first kappa shape index (κ1) is 24.4. The van der Waals surface area contributed by atoms with Gasteiger partial charge in [-0.3, -0.25) is 14.6 Å². The van der Waals surface area contributed by atoms with Gasteiger partial charge in [-0.25, -0.2) is 13.4 Å². The van der Waals surface area contributed by atoms with Gasteiger partial charge < -0.3 is 5.32 Å². The van der Waals surface area contributed by atoms with Crippen LogP contribution in [0.3, 0.4) is 0 Å². The lowest BCUT2D eigenvalue weighted by Crippen LogP contribution is -2.20. The summed E-state index contributed by atoms with van der Waals surface area (Å²) in [5, 5.41) is 6.86. The molecule has 0 unspecified atom stereocenters. The molecule has 1 aromatic carbocycles. The Morgan fingerprint density at radius 3 is 2.33 bits per heavy atom. The maximum atomic E-state index is 12.8. The van der Waals surface area contributed by atoms with Gasteiger partial charge in [0.05, 0.1) is 22.3 Å². The predicted octanol–water partition coefficient (Wildman–Crippen LogP) is 2.92. The minimum atomic E-state index is -3.37. The molecule has 0 radical (unpaired) electrons. The molecule has 0 bridgehead atoms. The quantitative estimate of drug-likeness (QED) is 0.569. The van der Waals surface area contributed by atoms with E-state index in [1.807, 2.05) is 20.8 Å². The molecule has 0 aliphatic rings. The third kappa shape index (κ3) is 5.57. The van der Waals surface area contributed by atoms with Crippen LogP contribution in [0.25, 0.3) is 5.95 Å². The van der Waals surface area contributed by atoms with Crippen molar-refractivity contribution in [3.8, 4) is 5.95 Å². The fourth-order valence-electron chi connectivity index (χ4n) is 3.10. The van der Waals surface area contributed by atoms with E-state index in [2.05, 4.69) is 20.4 Å². The number of aromatic nitrogens is 4. The summed E-state index contributed by atoms with van der Waals surface area (Å²) in [4.78, 5) is 31.9. The molecular weight excluding hydrogens is 442 g/mol. The van der Waals surface area contributed by atoms with Gasteiger partial charge in [-0.2, -0.15) is 9.78 Å². The van der Waals surface area contributed by atoms with Crippen LogP contribution in [0.5, 0.6) is 0 Å². The van der Waals surface area contributed by atoms with Crippen molar-refractivity contribution in [2.24, 2.45) is 0 Å². The molecule has 0 aliphatic heterocycles. The number of anilines is 1. The molecule has 0 saturated carbocycles. The molecule has 0 fully saturated rings. The molecule has 0 atom stereocenters. The highest BCUT2D eigenvalue weighted by Crippen LogP contribution is 2.25. The number of carbonyl (C=O) groups is 1. The zero-order chi connectivity index (χ0) is 24.6. The fraction of sp³-hybridized carbons (Fsp3) is 0.391. The molecule has 0 aliphatic carbocycles. The van der Waals surface area contributed by atoms with Crippen LogP contribution in [0.4, 0.5) is 5.82 Å². The number of sulfone groups is 1. The van der Waals surface area contributed by atoms with Crippen molar-refractivity contribution in [1.29, 1.82) is 0 Å². The number of aromatic amines is 1. The standard InChI is InChI=1S/C23H29N5O4S/c1-14(2)33(31,32)17-9-7-16(8-10-17)12-21(30)25-19-13-18(23(4,5)6)27-28(19)22-24-15(3)11-20(29)26-22/h7-11,13-14H,12H2,1-6H3,(H,25,30)(H,24,26,29). The van der Waals surface area contributed by atoms with Crippen LogP contribution in [0.1, 0.15) is 51.6 Å². The first-order chi connectivity index (χ1) is 15.3.